The van der Waals surface area contributed by atoms with Crippen molar-refractivity contribution >= 4 is 28.0 Å². The molecule has 1 saturated carbocycles. The highest BCUT2D eigenvalue weighted by atomic mass is 16.5. The lowest BCUT2D eigenvalue weighted by Crippen LogP contribution is -2.59. The molecule has 10 nitrogen and oxygen atoms in total. The Balaban J connectivity index is 1.29. The molecule has 1 aliphatic carbocycles. The van der Waals surface area contributed by atoms with Gasteiger partial charge in [-0.3, -0.25) is 4.79 Å². The minimum atomic E-state index is -0.00707. The summed E-state index contributed by atoms with van der Waals surface area (Å²) in [5.41, 5.74) is 4.08. The van der Waals surface area contributed by atoms with Crippen LogP contribution in [0.3, 0.4) is 0 Å². The quantitative estimate of drug-likeness (QED) is 0.409. The van der Waals surface area contributed by atoms with Gasteiger partial charge in [-0.25, -0.2) is 4.98 Å². The molecule has 39 heavy (non-hydrogen) atoms. The molecular weight excluding hydrogens is 496 g/mol. The summed E-state index contributed by atoms with van der Waals surface area (Å²) in [6, 6.07) is 10.00. The number of hydrogen-bond donors (Lipinski definition) is 1. The van der Waals surface area contributed by atoms with Gasteiger partial charge in [-0.2, -0.15) is 4.98 Å². The lowest BCUT2D eigenvalue weighted by atomic mass is 9.99. The number of benzene rings is 1. The van der Waals surface area contributed by atoms with Crippen molar-refractivity contribution in [3.8, 4) is 23.1 Å². The number of rotatable bonds is 6. The molecule has 3 fully saturated rings. The van der Waals surface area contributed by atoms with E-state index in [2.05, 4.69) is 20.5 Å². The van der Waals surface area contributed by atoms with Gasteiger partial charge in [-0.05, 0) is 49.4 Å². The van der Waals surface area contributed by atoms with Crippen LogP contribution in [0.5, 0.6) is 11.6 Å². The van der Waals surface area contributed by atoms with Gasteiger partial charge in [0.25, 0.3) is 5.91 Å². The molecule has 0 bridgehead atoms. The van der Waals surface area contributed by atoms with Crippen LogP contribution in [-0.2, 0) is 18.3 Å². The summed E-state index contributed by atoms with van der Waals surface area (Å²) in [7, 11) is 5.29. The molecule has 1 N–H and O–H groups in total. The van der Waals surface area contributed by atoms with Crippen LogP contribution in [0.1, 0.15) is 29.6 Å². The first kappa shape index (κ1) is 24.4. The Morgan fingerprint density at radius 3 is 2.79 bits per heavy atom. The predicted molar refractivity (Wildman–Crippen MR) is 147 cm³/mol. The first-order chi connectivity index (χ1) is 19.0. The Labute approximate surface area is 226 Å². The molecule has 0 unspecified atom stereocenters. The second kappa shape index (κ2) is 9.53. The van der Waals surface area contributed by atoms with Crippen LogP contribution in [0, 0.1) is 5.92 Å². The fourth-order valence-electron chi connectivity index (χ4n) is 6.12. The average molecular weight is 531 g/mol. The number of aryl methyl sites for hydroxylation is 1. The molecule has 2 aliphatic heterocycles. The number of amides is 1. The van der Waals surface area contributed by atoms with Crippen molar-refractivity contribution in [2.45, 2.75) is 38.0 Å². The Morgan fingerprint density at radius 2 is 2.00 bits per heavy atom. The number of methoxy groups -OCH3 is 2. The van der Waals surface area contributed by atoms with E-state index in [0.717, 1.165) is 59.7 Å². The highest BCUT2D eigenvalue weighted by molar-refractivity contribution is 6.00. The third-order valence-electron chi connectivity index (χ3n) is 8.37. The Morgan fingerprint density at radius 1 is 1.13 bits per heavy atom. The van der Waals surface area contributed by atoms with E-state index in [-0.39, 0.29) is 18.1 Å². The van der Waals surface area contributed by atoms with Crippen LogP contribution in [0.2, 0.25) is 0 Å². The lowest BCUT2D eigenvalue weighted by Gasteiger charge is -2.41. The number of likely N-dealkylation sites (tertiary alicyclic amines) is 1. The maximum absolute atomic E-state index is 13.7. The van der Waals surface area contributed by atoms with Gasteiger partial charge < -0.3 is 33.6 Å². The van der Waals surface area contributed by atoms with E-state index in [9.17, 15) is 4.79 Å². The molecule has 0 radical (unpaired) electrons. The average Bonchev–Trinajstić information content (AvgIpc) is 3.65. The van der Waals surface area contributed by atoms with E-state index in [4.69, 9.17) is 24.2 Å². The van der Waals surface area contributed by atoms with Gasteiger partial charge in [0.1, 0.15) is 16.9 Å². The fraction of sp³-hybridized carbons (Fsp3) is 0.483. The molecule has 2 saturated heterocycles. The van der Waals surface area contributed by atoms with Crippen molar-refractivity contribution in [3.63, 3.8) is 0 Å². The van der Waals surface area contributed by atoms with Gasteiger partial charge in [-0.1, -0.05) is 0 Å². The summed E-state index contributed by atoms with van der Waals surface area (Å²) < 4.78 is 21.5. The molecule has 1 aromatic carbocycles. The van der Waals surface area contributed by atoms with E-state index in [1.807, 2.05) is 36.2 Å². The summed E-state index contributed by atoms with van der Waals surface area (Å²) in [5.74, 6) is 2.69. The smallest absolute Gasteiger partial charge is 0.254 e. The molecule has 5 heterocycles. The molecule has 2 atom stereocenters. The number of fused-ring (bicyclic) bond motifs is 3. The highest BCUT2D eigenvalue weighted by Gasteiger charge is 2.34. The summed E-state index contributed by atoms with van der Waals surface area (Å²) in [4.78, 5) is 25.4. The topological polar surface area (TPSA) is 95.7 Å². The van der Waals surface area contributed by atoms with E-state index in [0.29, 0.717) is 36.2 Å². The van der Waals surface area contributed by atoms with Crippen molar-refractivity contribution in [2.24, 2.45) is 13.0 Å². The summed E-state index contributed by atoms with van der Waals surface area (Å²) in [6.45, 7) is 3.74. The zero-order valence-corrected chi connectivity index (χ0v) is 22.6. The Bertz CT molecular complexity index is 1570. The second-order valence-electron chi connectivity index (χ2n) is 10.9. The third kappa shape index (κ3) is 4.22. The van der Waals surface area contributed by atoms with Gasteiger partial charge in [0.2, 0.25) is 5.88 Å². The maximum atomic E-state index is 13.7. The highest BCUT2D eigenvalue weighted by Crippen LogP contribution is 2.38. The number of aromatic nitrogens is 4. The lowest BCUT2D eigenvalue weighted by molar-refractivity contribution is -0.0383. The van der Waals surface area contributed by atoms with Gasteiger partial charge in [-0.15, -0.1) is 0 Å². The Kier molecular flexibility index (Phi) is 5.97. The van der Waals surface area contributed by atoms with Crippen LogP contribution in [0.25, 0.3) is 33.6 Å². The summed E-state index contributed by atoms with van der Waals surface area (Å²) >= 11 is 0. The monoisotopic (exact) mass is 530 g/mol. The molecule has 3 aliphatic rings. The predicted octanol–water partition coefficient (Wildman–Crippen LogP) is 3.22. The van der Waals surface area contributed by atoms with Gasteiger partial charge in [0, 0.05) is 50.2 Å². The molecule has 204 valence electrons. The first-order valence-corrected chi connectivity index (χ1v) is 13.8. The van der Waals surface area contributed by atoms with E-state index < -0.39 is 0 Å². The fourth-order valence-corrected chi connectivity index (χ4v) is 6.12. The third-order valence-corrected chi connectivity index (χ3v) is 8.37. The van der Waals surface area contributed by atoms with Gasteiger partial charge in [0.15, 0.2) is 5.82 Å². The minimum Gasteiger partial charge on any atom is -0.494 e. The maximum Gasteiger partial charge on any atom is 0.254 e. The van der Waals surface area contributed by atoms with E-state index in [1.54, 1.807) is 14.2 Å². The number of carbonyl (C=O) groups excluding carboxylic acids is 1. The van der Waals surface area contributed by atoms with Crippen molar-refractivity contribution in [1.82, 2.24) is 29.3 Å². The van der Waals surface area contributed by atoms with Crippen molar-refractivity contribution in [1.29, 1.82) is 0 Å². The van der Waals surface area contributed by atoms with Crippen molar-refractivity contribution in [3.05, 3.63) is 35.9 Å². The number of piperidine rings is 1. The minimum absolute atomic E-state index is 0.00707. The molecule has 0 spiro atoms. The van der Waals surface area contributed by atoms with Crippen molar-refractivity contribution in [2.75, 3.05) is 40.5 Å². The summed E-state index contributed by atoms with van der Waals surface area (Å²) in [5, 5.41) is 4.55. The molecule has 3 aromatic heterocycles. The van der Waals surface area contributed by atoms with Crippen LogP contribution >= 0.6 is 0 Å². The molecule has 1 amide bonds. The molecule has 10 heteroatoms. The zero-order valence-electron chi connectivity index (χ0n) is 22.6. The van der Waals surface area contributed by atoms with Crippen LogP contribution < -0.4 is 14.8 Å². The number of ether oxygens (including phenoxy) is 3. The number of nitrogens with zero attached hydrogens (tertiary/aromatic N) is 5. The standard InChI is InChI=1S/C29H34N6O4/c1-33-26-20(12-19(14-24(26)37-2)29(36)34-10-8-23-21(16-34)30-9-11-39-23)31-28(33)22-13-18-6-7-25(38-3)32-27(18)35(22)15-17-4-5-17/h6-7,12-14,17,21,23,30H,4-5,8-11,15-16H2,1-3H3/t21-,23+/m0/s1. The van der Waals surface area contributed by atoms with Gasteiger partial charge >= 0.3 is 0 Å². The van der Waals surface area contributed by atoms with Crippen LogP contribution in [0.15, 0.2) is 30.3 Å². The normalized spacial score (nSPS) is 21.4. The first-order valence-electron chi connectivity index (χ1n) is 13.8. The number of carbonyl (C=O) groups is 1. The van der Waals surface area contributed by atoms with Crippen molar-refractivity contribution < 1.29 is 19.0 Å². The van der Waals surface area contributed by atoms with E-state index >= 15 is 0 Å². The van der Waals surface area contributed by atoms with Crippen LogP contribution in [-0.4, -0.2) is 82.5 Å². The number of hydrogen-bond acceptors (Lipinski definition) is 7. The SMILES string of the molecule is COc1ccc2cc(-c3nc4cc(C(=O)N5CC[C@H]6OCCN[C@H]6C5)cc(OC)c4n3C)n(CC3CC3)c2n1. The van der Waals surface area contributed by atoms with E-state index in [1.165, 1.54) is 12.8 Å². The molecule has 4 aromatic rings. The number of pyridine rings is 1. The van der Waals surface area contributed by atoms with Crippen LogP contribution in [0.4, 0.5) is 0 Å². The zero-order chi connectivity index (χ0) is 26.7. The number of morpholine rings is 1. The number of nitrogens with one attached hydrogen (secondary N) is 1. The van der Waals surface area contributed by atoms with Gasteiger partial charge in [0.05, 0.1) is 44.2 Å². The largest absolute Gasteiger partial charge is 0.494 e. The second-order valence-corrected chi connectivity index (χ2v) is 10.9. The Hall–Kier alpha value is -3.63. The summed E-state index contributed by atoms with van der Waals surface area (Å²) in [6.07, 6.45) is 3.46. The molecule has 7 rings (SSSR count). The number of imidazole rings is 1. The molecular formula is C29H34N6O4.